The Hall–Kier alpha value is -3.00. The van der Waals surface area contributed by atoms with Crippen LogP contribution in [0.25, 0.3) is 0 Å². The highest BCUT2D eigenvalue weighted by atomic mass is 16.6. The number of nitro groups is 1. The van der Waals surface area contributed by atoms with Crippen LogP contribution in [-0.2, 0) is 4.74 Å². The van der Waals surface area contributed by atoms with Gasteiger partial charge < -0.3 is 15.0 Å². The molecule has 0 saturated carbocycles. The van der Waals surface area contributed by atoms with Crippen molar-refractivity contribution >= 4 is 17.3 Å². The van der Waals surface area contributed by atoms with Crippen molar-refractivity contribution in [3.05, 3.63) is 64.0 Å². The van der Waals surface area contributed by atoms with Crippen LogP contribution in [0.15, 0.2) is 42.7 Å². The first-order valence-electron chi connectivity index (χ1n) is 8.38. The second-order valence-corrected chi connectivity index (χ2v) is 6.03. The average molecular weight is 356 g/mol. The van der Waals surface area contributed by atoms with Crippen molar-refractivity contribution in [2.24, 2.45) is 0 Å². The molecule has 0 spiro atoms. The van der Waals surface area contributed by atoms with Gasteiger partial charge in [0.05, 0.1) is 35.4 Å². The number of morpholine rings is 1. The minimum absolute atomic E-state index is 0.108. The molecule has 2 aromatic rings. The van der Waals surface area contributed by atoms with Crippen LogP contribution in [0.4, 0.5) is 11.4 Å². The third kappa shape index (κ3) is 3.97. The highest BCUT2D eigenvalue weighted by Gasteiger charge is 2.23. The SMILES string of the molecule is CC(NC(=O)c1cc([N+](=O)[O-])ccc1N1CCOCC1)c1ccncc1. The molecule has 1 aliphatic rings. The molecule has 1 unspecified atom stereocenters. The maximum atomic E-state index is 12.9. The molecule has 3 rings (SSSR count). The van der Waals surface area contributed by atoms with Crippen molar-refractivity contribution in [2.45, 2.75) is 13.0 Å². The maximum Gasteiger partial charge on any atom is 0.270 e. The van der Waals surface area contributed by atoms with Gasteiger partial charge in [-0.3, -0.25) is 19.9 Å². The monoisotopic (exact) mass is 356 g/mol. The molecule has 26 heavy (non-hydrogen) atoms. The van der Waals surface area contributed by atoms with E-state index in [1.807, 2.05) is 24.0 Å². The molecule has 0 aliphatic carbocycles. The lowest BCUT2D eigenvalue weighted by molar-refractivity contribution is -0.384. The van der Waals surface area contributed by atoms with E-state index in [2.05, 4.69) is 10.3 Å². The van der Waals surface area contributed by atoms with E-state index in [4.69, 9.17) is 4.74 Å². The number of anilines is 1. The van der Waals surface area contributed by atoms with Crippen LogP contribution in [0.2, 0.25) is 0 Å². The molecule has 2 heterocycles. The second kappa shape index (κ2) is 7.92. The zero-order valence-electron chi connectivity index (χ0n) is 14.4. The lowest BCUT2D eigenvalue weighted by Gasteiger charge is -2.30. The second-order valence-electron chi connectivity index (χ2n) is 6.03. The van der Waals surface area contributed by atoms with E-state index < -0.39 is 4.92 Å². The van der Waals surface area contributed by atoms with Crippen LogP contribution >= 0.6 is 0 Å². The number of nitrogens with one attached hydrogen (secondary N) is 1. The number of ether oxygens (including phenoxy) is 1. The molecular formula is C18H20N4O4. The van der Waals surface area contributed by atoms with Gasteiger partial charge in [0.2, 0.25) is 0 Å². The summed E-state index contributed by atoms with van der Waals surface area (Å²) in [5.41, 5.74) is 1.77. The molecule has 1 aromatic carbocycles. The van der Waals surface area contributed by atoms with Gasteiger partial charge in [-0.05, 0) is 30.7 Å². The fourth-order valence-electron chi connectivity index (χ4n) is 2.91. The number of carbonyl (C=O) groups excluding carboxylic acids is 1. The summed E-state index contributed by atoms with van der Waals surface area (Å²) in [4.78, 5) is 29.5. The van der Waals surface area contributed by atoms with Gasteiger partial charge in [-0.2, -0.15) is 0 Å². The van der Waals surface area contributed by atoms with Gasteiger partial charge >= 0.3 is 0 Å². The molecule has 8 heteroatoms. The number of nitro benzene ring substituents is 1. The normalized spacial score (nSPS) is 15.3. The fraction of sp³-hybridized carbons (Fsp3) is 0.333. The van der Waals surface area contributed by atoms with E-state index in [1.54, 1.807) is 18.5 Å². The molecule has 0 radical (unpaired) electrons. The van der Waals surface area contributed by atoms with Crippen LogP contribution in [0, 0.1) is 10.1 Å². The molecule has 8 nitrogen and oxygen atoms in total. The van der Waals surface area contributed by atoms with Gasteiger partial charge in [0, 0.05) is 37.6 Å². The number of amides is 1. The Labute approximate surface area is 150 Å². The van der Waals surface area contributed by atoms with Crippen molar-refractivity contribution in [3.63, 3.8) is 0 Å². The highest BCUT2D eigenvalue weighted by Crippen LogP contribution is 2.27. The summed E-state index contributed by atoms with van der Waals surface area (Å²) < 4.78 is 5.35. The number of nitrogens with zero attached hydrogens (tertiary/aromatic N) is 3. The number of hydrogen-bond acceptors (Lipinski definition) is 6. The first-order chi connectivity index (χ1) is 12.6. The minimum Gasteiger partial charge on any atom is -0.378 e. The van der Waals surface area contributed by atoms with Crippen molar-refractivity contribution in [3.8, 4) is 0 Å². The van der Waals surface area contributed by atoms with Gasteiger partial charge in [-0.25, -0.2) is 0 Å². The van der Waals surface area contributed by atoms with Crippen molar-refractivity contribution < 1.29 is 14.5 Å². The Morgan fingerprint density at radius 3 is 2.62 bits per heavy atom. The topological polar surface area (TPSA) is 97.6 Å². The molecular weight excluding hydrogens is 336 g/mol. The quantitative estimate of drug-likeness (QED) is 0.652. The Morgan fingerprint density at radius 2 is 1.96 bits per heavy atom. The lowest BCUT2D eigenvalue weighted by Crippen LogP contribution is -2.38. The summed E-state index contributed by atoms with van der Waals surface area (Å²) in [5, 5.41) is 14.1. The van der Waals surface area contributed by atoms with Crippen LogP contribution in [0.5, 0.6) is 0 Å². The zero-order valence-corrected chi connectivity index (χ0v) is 14.4. The molecule has 1 saturated heterocycles. The van der Waals surface area contributed by atoms with E-state index in [0.717, 1.165) is 5.56 Å². The van der Waals surface area contributed by atoms with Crippen LogP contribution in [0.1, 0.15) is 28.9 Å². The number of benzene rings is 1. The molecule has 1 aliphatic heterocycles. The molecule has 1 fully saturated rings. The van der Waals surface area contributed by atoms with E-state index in [0.29, 0.717) is 37.6 Å². The van der Waals surface area contributed by atoms with Gasteiger partial charge in [-0.15, -0.1) is 0 Å². The van der Waals surface area contributed by atoms with Gasteiger partial charge in [0.15, 0.2) is 0 Å². The van der Waals surface area contributed by atoms with Crippen LogP contribution < -0.4 is 10.2 Å². The summed E-state index contributed by atoms with van der Waals surface area (Å²) in [7, 11) is 0. The number of aromatic nitrogens is 1. The minimum atomic E-state index is -0.494. The number of rotatable bonds is 5. The molecule has 136 valence electrons. The fourth-order valence-corrected chi connectivity index (χ4v) is 2.91. The van der Waals surface area contributed by atoms with Gasteiger partial charge in [-0.1, -0.05) is 0 Å². The number of non-ortho nitro benzene ring substituents is 1. The summed E-state index contributed by atoms with van der Waals surface area (Å²) in [6.45, 7) is 4.26. The Morgan fingerprint density at radius 1 is 1.27 bits per heavy atom. The van der Waals surface area contributed by atoms with Gasteiger partial charge in [0.1, 0.15) is 0 Å². The predicted octanol–water partition coefficient (Wildman–Crippen LogP) is 2.32. The molecule has 1 N–H and O–H groups in total. The summed E-state index contributed by atoms with van der Waals surface area (Å²) in [5.74, 6) is -0.348. The van der Waals surface area contributed by atoms with E-state index in [1.165, 1.54) is 12.1 Å². The lowest BCUT2D eigenvalue weighted by atomic mass is 10.1. The molecule has 0 bridgehead atoms. The summed E-state index contributed by atoms with van der Waals surface area (Å²) in [6, 6.07) is 7.79. The third-order valence-electron chi connectivity index (χ3n) is 4.34. The first kappa shape index (κ1) is 17.8. The number of hydrogen-bond donors (Lipinski definition) is 1. The smallest absolute Gasteiger partial charge is 0.270 e. The molecule has 1 aromatic heterocycles. The highest BCUT2D eigenvalue weighted by molar-refractivity contribution is 6.00. The van der Waals surface area contributed by atoms with E-state index in [9.17, 15) is 14.9 Å². The Balaban J connectivity index is 1.88. The summed E-state index contributed by atoms with van der Waals surface area (Å²) in [6.07, 6.45) is 3.31. The molecule has 1 amide bonds. The van der Waals surface area contributed by atoms with Crippen LogP contribution in [-0.4, -0.2) is 42.1 Å². The maximum absolute atomic E-state index is 12.9. The van der Waals surface area contributed by atoms with E-state index >= 15 is 0 Å². The van der Waals surface area contributed by atoms with Crippen LogP contribution in [0.3, 0.4) is 0 Å². The standard InChI is InChI=1S/C18H20N4O4/c1-13(14-4-6-19-7-5-14)20-18(23)16-12-15(22(24)25)2-3-17(16)21-8-10-26-11-9-21/h2-7,12-13H,8-11H2,1H3,(H,20,23). The molecule has 1 atom stereocenters. The Bertz CT molecular complexity index is 791. The predicted molar refractivity (Wildman–Crippen MR) is 96.2 cm³/mol. The van der Waals surface area contributed by atoms with Crippen molar-refractivity contribution in [1.29, 1.82) is 0 Å². The number of carbonyl (C=O) groups is 1. The Kier molecular flexibility index (Phi) is 5.43. The van der Waals surface area contributed by atoms with E-state index in [-0.39, 0.29) is 17.6 Å². The zero-order chi connectivity index (χ0) is 18.5. The van der Waals surface area contributed by atoms with Gasteiger partial charge in [0.25, 0.3) is 11.6 Å². The first-order valence-corrected chi connectivity index (χ1v) is 8.38. The largest absolute Gasteiger partial charge is 0.378 e. The van der Waals surface area contributed by atoms with Crippen molar-refractivity contribution in [1.82, 2.24) is 10.3 Å². The van der Waals surface area contributed by atoms with Crippen molar-refractivity contribution in [2.75, 3.05) is 31.2 Å². The average Bonchev–Trinajstić information content (AvgIpc) is 2.68. The third-order valence-corrected chi connectivity index (χ3v) is 4.34. The number of pyridine rings is 1. The summed E-state index contributed by atoms with van der Waals surface area (Å²) >= 11 is 0.